The molecule has 0 aliphatic rings. The van der Waals surface area contributed by atoms with E-state index in [-0.39, 0.29) is 18.2 Å². The second-order valence-corrected chi connectivity index (χ2v) is 7.85. The first kappa shape index (κ1) is 22.8. The largest absolute Gasteiger partial charge is 0.467 e. The lowest BCUT2D eigenvalue weighted by Crippen LogP contribution is -2.28. The molecule has 4 rings (SSSR count). The number of carbonyl (C=O) groups excluding carboxylic acids is 2. The van der Waals surface area contributed by atoms with Gasteiger partial charge in [0.2, 0.25) is 5.91 Å². The number of nitrogens with one attached hydrogen (secondary N) is 1. The highest BCUT2D eigenvalue weighted by Crippen LogP contribution is 2.20. The topological polar surface area (TPSA) is 62.6 Å². The summed E-state index contributed by atoms with van der Waals surface area (Å²) >= 11 is 0. The Morgan fingerprint density at radius 3 is 2.18 bits per heavy atom. The van der Waals surface area contributed by atoms with Gasteiger partial charge in [-0.05, 0) is 47.0 Å². The molecule has 2 amide bonds. The average molecular weight is 451 g/mol. The molecular formula is C29H26N2O3. The standard InChI is InChI=1S/C29H26N2O3/c32-28(30-21-27-12-7-19-34-27)20-24-13-16-26(17-14-24)31(22-25-10-5-2-6-11-25)29(33)18-15-23-8-3-1-4-9-23/h1-19H,20-22H2,(H,30,32)/b18-15+. The molecule has 34 heavy (non-hydrogen) atoms. The van der Waals surface area contributed by atoms with Crippen molar-refractivity contribution in [2.75, 3.05) is 4.90 Å². The normalized spacial score (nSPS) is 10.8. The van der Waals surface area contributed by atoms with Gasteiger partial charge in [0.25, 0.3) is 5.91 Å². The van der Waals surface area contributed by atoms with Gasteiger partial charge in [0.05, 0.1) is 25.8 Å². The van der Waals surface area contributed by atoms with Gasteiger partial charge in [-0.3, -0.25) is 9.59 Å². The summed E-state index contributed by atoms with van der Waals surface area (Å²) in [5.41, 5.74) is 3.63. The van der Waals surface area contributed by atoms with E-state index in [1.807, 2.05) is 97.1 Å². The molecule has 0 saturated heterocycles. The molecule has 1 heterocycles. The van der Waals surface area contributed by atoms with Crippen molar-refractivity contribution in [1.29, 1.82) is 0 Å². The van der Waals surface area contributed by atoms with Gasteiger partial charge in [0, 0.05) is 11.8 Å². The Morgan fingerprint density at radius 2 is 1.50 bits per heavy atom. The zero-order chi connectivity index (χ0) is 23.6. The van der Waals surface area contributed by atoms with Gasteiger partial charge >= 0.3 is 0 Å². The van der Waals surface area contributed by atoms with Crippen LogP contribution in [-0.4, -0.2) is 11.8 Å². The number of rotatable bonds is 9. The van der Waals surface area contributed by atoms with E-state index in [1.54, 1.807) is 23.3 Å². The lowest BCUT2D eigenvalue weighted by atomic mass is 10.1. The minimum atomic E-state index is -0.114. The molecule has 3 aromatic carbocycles. The molecule has 0 unspecified atom stereocenters. The van der Waals surface area contributed by atoms with Gasteiger partial charge in [0.1, 0.15) is 5.76 Å². The highest BCUT2D eigenvalue weighted by Gasteiger charge is 2.14. The van der Waals surface area contributed by atoms with Crippen LogP contribution in [0.4, 0.5) is 5.69 Å². The zero-order valence-electron chi connectivity index (χ0n) is 18.8. The number of benzene rings is 3. The molecule has 5 nitrogen and oxygen atoms in total. The second kappa shape index (κ2) is 11.5. The first-order chi connectivity index (χ1) is 16.7. The molecule has 170 valence electrons. The highest BCUT2D eigenvalue weighted by molar-refractivity contribution is 6.03. The molecular weight excluding hydrogens is 424 g/mol. The van der Waals surface area contributed by atoms with Crippen LogP contribution in [0.5, 0.6) is 0 Å². The second-order valence-electron chi connectivity index (χ2n) is 7.85. The highest BCUT2D eigenvalue weighted by atomic mass is 16.3. The predicted molar refractivity (Wildman–Crippen MR) is 134 cm³/mol. The van der Waals surface area contributed by atoms with Crippen LogP contribution >= 0.6 is 0 Å². The Morgan fingerprint density at radius 1 is 0.794 bits per heavy atom. The zero-order valence-corrected chi connectivity index (χ0v) is 18.8. The van der Waals surface area contributed by atoms with Crippen LogP contribution in [0.2, 0.25) is 0 Å². The van der Waals surface area contributed by atoms with Crippen LogP contribution in [0, 0.1) is 0 Å². The minimum absolute atomic E-state index is 0.0906. The van der Waals surface area contributed by atoms with Crippen LogP contribution in [0.15, 0.2) is 114 Å². The van der Waals surface area contributed by atoms with E-state index < -0.39 is 0 Å². The van der Waals surface area contributed by atoms with E-state index in [0.717, 1.165) is 22.4 Å². The number of hydrogen-bond donors (Lipinski definition) is 1. The molecule has 0 bridgehead atoms. The van der Waals surface area contributed by atoms with E-state index in [9.17, 15) is 9.59 Å². The maximum Gasteiger partial charge on any atom is 0.251 e. The van der Waals surface area contributed by atoms with Crippen molar-refractivity contribution in [2.24, 2.45) is 0 Å². The maximum atomic E-state index is 13.1. The Kier molecular flexibility index (Phi) is 7.70. The predicted octanol–water partition coefficient (Wildman–Crippen LogP) is 5.39. The molecule has 0 aliphatic carbocycles. The van der Waals surface area contributed by atoms with Crippen molar-refractivity contribution < 1.29 is 14.0 Å². The summed E-state index contributed by atoms with van der Waals surface area (Å²) in [6.45, 7) is 0.804. The van der Waals surface area contributed by atoms with Gasteiger partial charge in [0.15, 0.2) is 0 Å². The molecule has 0 atom stereocenters. The summed E-state index contributed by atoms with van der Waals surface area (Å²) in [6, 6.07) is 30.7. The number of nitrogens with zero attached hydrogens (tertiary/aromatic N) is 1. The quantitative estimate of drug-likeness (QED) is 0.348. The lowest BCUT2D eigenvalue weighted by molar-refractivity contribution is -0.120. The fraction of sp³-hybridized carbons (Fsp3) is 0.103. The van der Waals surface area contributed by atoms with Gasteiger partial charge in [-0.2, -0.15) is 0 Å². The smallest absolute Gasteiger partial charge is 0.251 e. The van der Waals surface area contributed by atoms with E-state index in [0.29, 0.717) is 18.8 Å². The van der Waals surface area contributed by atoms with Crippen LogP contribution in [-0.2, 0) is 29.1 Å². The number of carbonyl (C=O) groups is 2. The van der Waals surface area contributed by atoms with Crippen LogP contribution < -0.4 is 10.2 Å². The maximum absolute atomic E-state index is 13.1. The van der Waals surface area contributed by atoms with Crippen molar-refractivity contribution in [1.82, 2.24) is 5.32 Å². The third-order valence-corrected chi connectivity index (χ3v) is 5.32. The number of furan rings is 1. The van der Waals surface area contributed by atoms with Crippen molar-refractivity contribution in [3.63, 3.8) is 0 Å². The summed E-state index contributed by atoms with van der Waals surface area (Å²) in [7, 11) is 0. The molecule has 1 aromatic heterocycles. The third-order valence-electron chi connectivity index (χ3n) is 5.32. The SMILES string of the molecule is O=C(Cc1ccc(N(Cc2ccccc2)C(=O)/C=C/c2ccccc2)cc1)NCc1ccco1. The van der Waals surface area contributed by atoms with E-state index in [1.165, 1.54) is 0 Å². The first-order valence-corrected chi connectivity index (χ1v) is 11.1. The molecule has 0 saturated carbocycles. The van der Waals surface area contributed by atoms with Crippen molar-refractivity contribution >= 4 is 23.6 Å². The van der Waals surface area contributed by atoms with Gasteiger partial charge in [-0.15, -0.1) is 0 Å². The van der Waals surface area contributed by atoms with Gasteiger partial charge in [-0.25, -0.2) is 0 Å². The van der Waals surface area contributed by atoms with E-state index >= 15 is 0 Å². The van der Waals surface area contributed by atoms with Crippen molar-refractivity contribution in [3.05, 3.63) is 132 Å². The average Bonchev–Trinajstić information content (AvgIpc) is 3.40. The number of amides is 2. The molecule has 0 fully saturated rings. The van der Waals surface area contributed by atoms with Crippen LogP contribution in [0.25, 0.3) is 6.08 Å². The molecule has 0 aliphatic heterocycles. The minimum Gasteiger partial charge on any atom is -0.467 e. The van der Waals surface area contributed by atoms with Crippen LogP contribution in [0.1, 0.15) is 22.5 Å². The Labute approximate surface area is 199 Å². The third kappa shape index (κ3) is 6.56. The lowest BCUT2D eigenvalue weighted by Gasteiger charge is -2.22. The Balaban J connectivity index is 1.46. The summed E-state index contributed by atoms with van der Waals surface area (Å²) < 4.78 is 5.24. The fourth-order valence-corrected chi connectivity index (χ4v) is 3.52. The summed E-state index contributed by atoms with van der Waals surface area (Å²) in [5, 5.41) is 2.85. The fourth-order valence-electron chi connectivity index (χ4n) is 3.52. The Hall–Kier alpha value is -4.38. The Bertz CT molecular complexity index is 1220. The monoisotopic (exact) mass is 450 g/mol. The summed E-state index contributed by atoms with van der Waals surface area (Å²) in [4.78, 5) is 27.1. The number of anilines is 1. The molecule has 5 heteroatoms. The molecule has 4 aromatic rings. The van der Waals surface area contributed by atoms with Crippen LogP contribution in [0.3, 0.4) is 0 Å². The van der Waals surface area contributed by atoms with Gasteiger partial charge < -0.3 is 14.6 Å². The summed E-state index contributed by atoms with van der Waals surface area (Å²) in [6.07, 6.45) is 5.24. The number of hydrogen-bond acceptors (Lipinski definition) is 3. The van der Waals surface area contributed by atoms with Crippen molar-refractivity contribution in [2.45, 2.75) is 19.5 Å². The molecule has 0 spiro atoms. The van der Waals surface area contributed by atoms with E-state index in [2.05, 4.69) is 5.32 Å². The molecule has 1 N–H and O–H groups in total. The van der Waals surface area contributed by atoms with Gasteiger partial charge in [-0.1, -0.05) is 72.8 Å². The van der Waals surface area contributed by atoms with Crippen molar-refractivity contribution in [3.8, 4) is 0 Å². The first-order valence-electron chi connectivity index (χ1n) is 11.1. The summed E-state index contributed by atoms with van der Waals surface area (Å²) in [5.74, 6) is 0.506. The van der Waals surface area contributed by atoms with E-state index in [4.69, 9.17) is 4.42 Å². The molecule has 0 radical (unpaired) electrons.